The first-order valence-corrected chi connectivity index (χ1v) is 7.98. The number of carbonyl (C=O) groups excluding carboxylic acids is 1. The fraction of sp³-hybridized carbons (Fsp3) is 0.158. The zero-order valence-electron chi connectivity index (χ0n) is 13.8. The minimum absolute atomic E-state index is 0.108. The number of hydrogen-bond acceptors (Lipinski definition) is 3. The van der Waals surface area contributed by atoms with Gasteiger partial charge in [-0.1, -0.05) is 18.2 Å². The second kappa shape index (κ2) is 7.09. The standard InChI is InChI=1S/C19H19N3O3/c1-13-12-20-19(25)22(13)16-4-2-3-15(11-16)21-18(24)10-7-14-5-8-17(23)9-6-14/h2-6,8-9,11-12,23H,7,10H2,1H3,(H,20,25)(H,21,24). The number of imidazole rings is 1. The highest BCUT2D eigenvalue weighted by Crippen LogP contribution is 2.16. The van der Waals surface area contributed by atoms with Gasteiger partial charge in [-0.05, 0) is 49.2 Å². The van der Waals surface area contributed by atoms with Gasteiger partial charge in [0.05, 0.1) is 5.69 Å². The molecule has 0 unspecified atom stereocenters. The molecule has 0 saturated carbocycles. The second-order valence-corrected chi connectivity index (χ2v) is 5.84. The van der Waals surface area contributed by atoms with Crippen molar-refractivity contribution in [2.24, 2.45) is 0 Å². The molecule has 0 radical (unpaired) electrons. The van der Waals surface area contributed by atoms with Crippen LogP contribution >= 0.6 is 0 Å². The van der Waals surface area contributed by atoms with Crippen LogP contribution in [-0.4, -0.2) is 20.6 Å². The van der Waals surface area contributed by atoms with Crippen molar-refractivity contribution >= 4 is 11.6 Å². The SMILES string of the molecule is Cc1c[nH]c(=O)n1-c1cccc(NC(=O)CCc2ccc(O)cc2)c1. The molecule has 1 heterocycles. The lowest BCUT2D eigenvalue weighted by Crippen LogP contribution is -2.17. The van der Waals surface area contributed by atoms with Crippen LogP contribution in [0.5, 0.6) is 5.75 Å². The molecule has 128 valence electrons. The van der Waals surface area contributed by atoms with Crippen LogP contribution in [-0.2, 0) is 11.2 Å². The van der Waals surface area contributed by atoms with E-state index >= 15 is 0 Å². The molecule has 3 N–H and O–H groups in total. The molecule has 0 atom stereocenters. The highest BCUT2D eigenvalue weighted by atomic mass is 16.3. The van der Waals surface area contributed by atoms with Crippen LogP contribution < -0.4 is 11.0 Å². The Kier molecular flexibility index (Phi) is 4.70. The summed E-state index contributed by atoms with van der Waals surface area (Å²) in [5, 5.41) is 12.1. The molecule has 25 heavy (non-hydrogen) atoms. The van der Waals surface area contributed by atoms with E-state index in [1.54, 1.807) is 53.2 Å². The molecular weight excluding hydrogens is 318 g/mol. The number of aryl methyl sites for hydroxylation is 2. The number of nitrogens with zero attached hydrogens (tertiary/aromatic N) is 1. The Balaban J connectivity index is 1.66. The van der Waals surface area contributed by atoms with Crippen LogP contribution in [0.3, 0.4) is 0 Å². The molecule has 6 nitrogen and oxygen atoms in total. The number of anilines is 1. The van der Waals surface area contributed by atoms with Crippen LogP contribution in [0.25, 0.3) is 5.69 Å². The van der Waals surface area contributed by atoms with Gasteiger partial charge in [-0.25, -0.2) is 4.79 Å². The fourth-order valence-corrected chi connectivity index (χ4v) is 2.64. The van der Waals surface area contributed by atoms with Crippen LogP contribution in [0.15, 0.2) is 59.5 Å². The zero-order valence-corrected chi connectivity index (χ0v) is 13.8. The van der Waals surface area contributed by atoms with Crippen molar-refractivity contribution in [2.45, 2.75) is 19.8 Å². The van der Waals surface area contributed by atoms with Gasteiger partial charge in [0.1, 0.15) is 5.75 Å². The summed E-state index contributed by atoms with van der Waals surface area (Å²) in [5.74, 6) is 0.101. The van der Waals surface area contributed by atoms with Gasteiger partial charge in [-0.3, -0.25) is 9.36 Å². The van der Waals surface area contributed by atoms with Crippen LogP contribution in [0, 0.1) is 6.92 Å². The van der Waals surface area contributed by atoms with Gasteiger partial charge in [-0.2, -0.15) is 0 Å². The second-order valence-electron chi connectivity index (χ2n) is 5.84. The summed E-state index contributed by atoms with van der Waals surface area (Å²) in [4.78, 5) is 26.6. The van der Waals surface area contributed by atoms with E-state index in [0.717, 1.165) is 11.3 Å². The number of benzene rings is 2. The fourth-order valence-electron chi connectivity index (χ4n) is 2.64. The highest BCUT2D eigenvalue weighted by molar-refractivity contribution is 5.91. The van der Waals surface area contributed by atoms with Crippen molar-refractivity contribution in [1.82, 2.24) is 9.55 Å². The van der Waals surface area contributed by atoms with Gasteiger partial charge in [0.2, 0.25) is 5.91 Å². The Morgan fingerprint density at radius 2 is 1.96 bits per heavy atom. The zero-order chi connectivity index (χ0) is 17.8. The van der Waals surface area contributed by atoms with Crippen LogP contribution in [0.4, 0.5) is 5.69 Å². The molecule has 2 aromatic carbocycles. The quantitative estimate of drug-likeness (QED) is 0.669. The van der Waals surface area contributed by atoms with Crippen molar-refractivity contribution in [3.63, 3.8) is 0 Å². The molecule has 0 bridgehead atoms. The topological polar surface area (TPSA) is 87.1 Å². The summed E-state index contributed by atoms with van der Waals surface area (Å²) in [5.41, 5.74) is 2.89. The van der Waals surface area contributed by atoms with Gasteiger partial charge in [-0.15, -0.1) is 0 Å². The smallest absolute Gasteiger partial charge is 0.330 e. The summed E-state index contributed by atoms with van der Waals surface area (Å²) in [6.45, 7) is 1.83. The number of aromatic hydroxyl groups is 1. The van der Waals surface area contributed by atoms with E-state index in [1.165, 1.54) is 0 Å². The largest absolute Gasteiger partial charge is 0.508 e. The minimum atomic E-state index is -0.215. The van der Waals surface area contributed by atoms with Gasteiger partial charge >= 0.3 is 5.69 Å². The van der Waals surface area contributed by atoms with Crippen molar-refractivity contribution in [1.29, 1.82) is 0 Å². The molecule has 6 heteroatoms. The third kappa shape index (κ3) is 3.98. The number of nitrogens with one attached hydrogen (secondary N) is 2. The summed E-state index contributed by atoms with van der Waals surface area (Å²) in [7, 11) is 0. The predicted octanol–water partition coefficient (Wildman–Crippen LogP) is 2.75. The molecule has 0 aliphatic heterocycles. The highest BCUT2D eigenvalue weighted by Gasteiger charge is 2.07. The molecule has 1 aromatic heterocycles. The van der Waals surface area contributed by atoms with Crippen molar-refractivity contribution < 1.29 is 9.90 Å². The number of phenols is 1. The van der Waals surface area contributed by atoms with Gasteiger partial charge < -0.3 is 15.4 Å². The number of phenolic OH excluding ortho intramolecular Hbond substituents is 1. The Bertz CT molecular complexity index is 939. The van der Waals surface area contributed by atoms with E-state index in [0.29, 0.717) is 24.2 Å². The number of hydrogen-bond donors (Lipinski definition) is 3. The van der Waals surface area contributed by atoms with Crippen molar-refractivity contribution in [3.8, 4) is 11.4 Å². The Morgan fingerprint density at radius 1 is 1.20 bits per heavy atom. The molecule has 0 aliphatic carbocycles. The lowest BCUT2D eigenvalue weighted by Gasteiger charge is -2.09. The Morgan fingerprint density at radius 3 is 2.64 bits per heavy atom. The van der Waals surface area contributed by atoms with Gasteiger partial charge in [0, 0.05) is 24.0 Å². The average Bonchev–Trinajstić information content (AvgIpc) is 2.93. The number of amides is 1. The number of H-pyrrole nitrogens is 1. The van der Waals surface area contributed by atoms with E-state index in [1.807, 2.05) is 13.0 Å². The van der Waals surface area contributed by atoms with E-state index in [2.05, 4.69) is 10.3 Å². The molecular formula is C19H19N3O3. The Hall–Kier alpha value is -3.28. The number of carbonyl (C=O) groups is 1. The molecule has 1 amide bonds. The maximum atomic E-state index is 12.1. The predicted molar refractivity (Wildman–Crippen MR) is 96.2 cm³/mol. The first-order valence-electron chi connectivity index (χ1n) is 7.98. The monoisotopic (exact) mass is 337 g/mol. The van der Waals surface area contributed by atoms with Gasteiger partial charge in [0.25, 0.3) is 0 Å². The minimum Gasteiger partial charge on any atom is -0.508 e. The molecule has 0 spiro atoms. The van der Waals surface area contributed by atoms with Crippen molar-refractivity contribution in [2.75, 3.05) is 5.32 Å². The molecule has 3 rings (SSSR count). The third-order valence-electron chi connectivity index (χ3n) is 3.93. The maximum absolute atomic E-state index is 12.1. The summed E-state index contributed by atoms with van der Waals surface area (Å²) >= 11 is 0. The van der Waals surface area contributed by atoms with E-state index in [-0.39, 0.29) is 17.3 Å². The normalized spacial score (nSPS) is 10.6. The number of aromatic amines is 1. The first-order chi connectivity index (χ1) is 12.0. The van der Waals surface area contributed by atoms with E-state index in [9.17, 15) is 14.7 Å². The summed E-state index contributed by atoms with van der Waals surface area (Å²) in [6, 6.07) is 14.0. The van der Waals surface area contributed by atoms with Crippen LogP contribution in [0.2, 0.25) is 0 Å². The molecule has 3 aromatic rings. The third-order valence-corrected chi connectivity index (χ3v) is 3.93. The van der Waals surface area contributed by atoms with Crippen LogP contribution in [0.1, 0.15) is 17.7 Å². The van der Waals surface area contributed by atoms with E-state index in [4.69, 9.17) is 0 Å². The first kappa shape index (κ1) is 16.6. The summed E-state index contributed by atoms with van der Waals surface area (Å²) < 4.78 is 1.55. The molecule has 0 saturated heterocycles. The lowest BCUT2D eigenvalue weighted by atomic mass is 10.1. The molecule has 0 aliphatic rings. The summed E-state index contributed by atoms with van der Waals surface area (Å²) in [6.07, 6.45) is 2.56. The maximum Gasteiger partial charge on any atom is 0.330 e. The Labute approximate surface area is 144 Å². The van der Waals surface area contributed by atoms with E-state index < -0.39 is 0 Å². The van der Waals surface area contributed by atoms with Gasteiger partial charge in [0.15, 0.2) is 0 Å². The lowest BCUT2D eigenvalue weighted by molar-refractivity contribution is -0.116. The average molecular weight is 337 g/mol. The molecule has 0 fully saturated rings. The number of rotatable bonds is 5. The number of aromatic nitrogens is 2. The van der Waals surface area contributed by atoms with Crippen molar-refractivity contribution in [3.05, 3.63) is 76.5 Å².